The Hall–Kier alpha value is -5.56. The molecule has 19 heteroatoms. The highest BCUT2D eigenvalue weighted by Crippen LogP contribution is 2.26. The fourth-order valence-electron chi connectivity index (χ4n) is 2.92. The minimum Gasteiger partial charge on any atom is -0.478 e. The zero-order valence-corrected chi connectivity index (χ0v) is 19.2. The molecule has 0 heterocycles. The molecule has 3 aromatic rings. The lowest BCUT2D eigenvalue weighted by Crippen LogP contribution is -2.50. The van der Waals surface area contributed by atoms with Crippen LogP contribution < -0.4 is 38.2 Å². The summed E-state index contributed by atoms with van der Waals surface area (Å²) in [5, 5.41) is 36.6. The highest BCUT2D eigenvalue weighted by Gasteiger charge is 2.21. The van der Waals surface area contributed by atoms with Crippen molar-refractivity contribution in [3.05, 3.63) is 99.4 Å². The van der Waals surface area contributed by atoms with Gasteiger partial charge in [0.15, 0.2) is 5.36 Å². The third-order valence-corrected chi connectivity index (χ3v) is 5.58. The van der Waals surface area contributed by atoms with Gasteiger partial charge in [0.2, 0.25) is 10.9 Å². The second-order valence-corrected chi connectivity index (χ2v) is 8.54. The Balaban J connectivity index is 2.15. The van der Waals surface area contributed by atoms with Crippen LogP contribution in [0.15, 0.2) is 67.2 Å². The first-order valence-corrected chi connectivity index (χ1v) is 11.2. The second kappa shape index (κ2) is 10.2. The molecule has 0 aliphatic carbocycles. The van der Waals surface area contributed by atoms with Crippen LogP contribution in [-0.4, -0.2) is 33.9 Å². The molecule has 0 radical (unpaired) electrons. The summed E-state index contributed by atoms with van der Waals surface area (Å²) in [4.78, 5) is 56.0. The zero-order valence-electron chi connectivity index (χ0n) is 18.4. The number of nitrogens with two attached hydrogens (primary N) is 1. The summed E-state index contributed by atoms with van der Waals surface area (Å²) >= 11 is 0. The molecule has 18 nitrogen and oxygen atoms in total. The maximum atomic E-state index is 12.8. The summed E-state index contributed by atoms with van der Waals surface area (Å²) in [7, 11) is -5.02. The van der Waals surface area contributed by atoms with Crippen molar-refractivity contribution in [1.82, 2.24) is 0 Å². The fraction of sp³-hybridized carbons (Fsp3) is 0. The van der Waals surface area contributed by atoms with E-state index in [4.69, 9.17) is 5.73 Å². The van der Waals surface area contributed by atoms with Gasteiger partial charge in [-0.05, 0) is 24.3 Å². The third-order valence-electron chi connectivity index (χ3n) is 4.69. The highest BCUT2D eigenvalue weighted by molar-refractivity contribution is 7.86. The molecule has 0 aromatic heterocycles. The summed E-state index contributed by atoms with van der Waals surface area (Å²) < 4.78 is 32.7. The molecule has 0 atom stereocenters. The van der Waals surface area contributed by atoms with Gasteiger partial charge in [-0.25, -0.2) is 4.79 Å². The van der Waals surface area contributed by atoms with E-state index in [9.17, 15) is 52.7 Å². The van der Waals surface area contributed by atoms with Gasteiger partial charge in [0, 0.05) is 18.2 Å². The Labute approximate surface area is 208 Å². The van der Waals surface area contributed by atoms with E-state index in [2.05, 4.69) is 21.1 Å². The van der Waals surface area contributed by atoms with E-state index in [1.165, 1.54) is 0 Å². The fourth-order valence-corrected chi connectivity index (χ4v) is 3.59. The Morgan fingerprint density at radius 1 is 0.947 bits per heavy atom. The van der Waals surface area contributed by atoms with E-state index in [0.717, 1.165) is 30.3 Å². The molecule has 0 saturated heterocycles. The van der Waals surface area contributed by atoms with Crippen molar-refractivity contribution in [3.8, 4) is 0 Å². The van der Waals surface area contributed by atoms with Gasteiger partial charge in [0.05, 0.1) is 21.2 Å². The number of hydrogen-bond donors (Lipinski definition) is 5. The molecular weight excluding hydrogens is 534 g/mol. The van der Waals surface area contributed by atoms with Crippen molar-refractivity contribution in [3.63, 3.8) is 0 Å². The summed E-state index contributed by atoms with van der Waals surface area (Å²) in [6.45, 7) is 0. The predicted molar refractivity (Wildman–Crippen MR) is 127 cm³/mol. The van der Waals surface area contributed by atoms with Crippen molar-refractivity contribution in [1.29, 1.82) is 0 Å². The van der Waals surface area contributed by atoms with Gasteiger partial charge in [-0.2, -0.15) is 18.6 Å². The molecule has 0 unspecified atom stereocenters. The van der Waals surface area contributed by atoms with E-state index < -0.39 is 75.0 Å². The number of rotatable bonds is 8. The molecule has 0 fully saturated rings. The summed E-state index contributed by atoms with van der Waals surface area (Å²) in [6.07, 6.45) is 0. The van der Waals surface area contributed by atoms with E-state index in [-0.39, 0.29) is 11.4 Å². The van der Waals surface area contributed by atoms with Crippen LogP contribution in [0.5, 0.6) is 0 Å². The summed E-state index contributed by atoms with van der Waals surface area (Å²) in [5.74, 6) is -1.77. The Morgan fingerprint density at radius 2 is 1.63 bits per heavy atom. The lowest BCUT2D eigenvalue weighted by atomic mass is 10.2. The van der Waals surface area contributed by atoms with Crippen molar-refractivity contribution >= 4 is 44.5 Å². The average molecular weight is 547 g/mol. The lowest BCUT2D eigenvalue weighted by Gasteiger charge is -2.06. The maximum Gasteiger partial charge on any atom is 0.339 e. The van der Waals surface area contributed by atoms with Gasteiger partial charge >= 0.3 is 5.97 Å². The van der Waals surface area contributed by atoms with E-state index in [1.54, 1.807) is 0 Å². The second-order valence-electron chi connectivity index (χ2n) is 7.15. The van der Waals surface area contributed by atoms with Gasteiger partial charge in [0.25, 0.3) is 21.5 Å². The molecule has 0 bridgehead atoms. The molecule has 38 heavy (non-hydrogen) atoms. The minimum atomic E-state index is -5.02. The Morgan fingerprint density at radius 3 is 2.18 bits per heavy atom. The van der Waals surface area contributed by atoms with Crippen LogP contribution in [0, 0.1) is 20.2 Å². The third kappa shape index (κ3) is 5.63. The number of benzene rings is 3. The minimum absolute atomic E-state index is 0.00656. The van der Waals surface area contributed by atoms with E-state index >= 15 is 0 Å². The first-order chi connectivity index (χ1) is 17.7. The first-order valence-electron chi connectivity index (χ1n) is 9.72. The normalized spacial score (nSPS) is 12.2. The number of anilines is 3. The van der Waals surface area contributed by atoms with Crippen LogP contribution in [0.2, 0.25) is 0 Å². The molecule has 0 aliphatic heterocycles. The number of aromatic carboxylic acids is 1. The molecular formula is C19H13N7O11S. The smallest absolute Gasteiger partial charge is 0.339 e. The van der Waals surface area contributed by atoms with Gasteiger partial charge < -0.3 is 10.8 Å². The Bertz CT molecular complexity index is 1850. The van der Waals surface area contributed by atoms with E-state index in [0.29, 0.717) is 12.1 Å². The number of nitro groups is 2. The highest BCUT2D eigenvalue weighted by atomic mass is 32.2. The molecule has 0 aliphatic rings. The number of nitrogen functional groups attached to an aromatic ring is 1. The van der Waals surface area contributed by atoms with Crippen LogP contribution in [0.3, 0.4) is 0 Å². The molecule has 0 spiro atoms. The van der Waals surface area contributed by atoms with Crippen LogP contribution in [0.1, 0.15) is 10.4 Å². The molecule has 0 saturated carbocycles. The van der Waals surface area contributed by atoms with Crippen LogP contribution in [0.4, 0.5) is 28.4 Å². The largest absolute Gasteiger partial charge is 0.478 e. The van der Waals surface area contributed by atoms with Gasteiger partial charge in [-0.15, -0.1) is 0 Å². The van der Waals surface area contributed by atoms with Crippen LogP contribution in [-0.2, 0) is 10.1 Å². The summed E-state index contributed by atoms with van der Waals surface area (Å²) in [5.41, 5.74) is 4.44. The maximum absolute atomic E-state index is 12.8. The SMILES string of the molecule is Nc1cc(NN=c2c(=O)c(C(=O)O)cc(=NNc3ccc([N+](=O)[O-])cc3S(=O)(=O)O)c2=O)ccc1[N+](=O)[O-]. The number of nitrogens with one attached hydrogen (secondary N) is 2. The number of nitrogens with zero attached hydrogens (tertiary/aromatic N) is 4. The van der Waals surface area contributed by atoms with Crippen molar-refractivity contribution in [2.45, 2.75) is 4.90 Å². The number of carbonyl (C=O) groups is 1. The van der Waals surface area contributed by atoms with Crippen molar-refractivity contribution < 1.29 is 32.7 Å². The number of carboxylic acid groups (broad SMARTS) is 1. The number of nitro benzene ring substituents is 2. The predicted octanol–water partition coefficient (Wildman–Crippen LogP) is -0.518. The lowest BCUT2D eigenvalue weighted by molar-refractivity contribution is -0.385. The van der Waals surface area contributed by atoms with Crippen LogP contribution in [0.25, 0.3) is 0 Å². The monoisotopic (exact) mass is 547 g/mol. The standard InChI is InChI=1S/C19H13N7O11S/c20-11-5-8(1-4-14(11)26(33)34)21-24-16-17(27)10(19(29)30)7-13(18(16)28)23-22-12-3-2-9(25(31)32)6-15(12)38(35,36)37/h1-7,21-22H,20H2,(H,29,30)(H,35,36,37). The number of hydrogen-bond acceptors (Lipinski definition) is 14. The molecule has 3 rings (SSSR count). The van der Waals surface area contributed by atoms with Gasteiger partial charge in [-0.3, -0.25) is 45.2 Å². The van der Waals surface area contributed by atoms with Crippen LogP contribution >= 0.6 is 0 Å². The number of carboxylic acids is 1. The molecule has 6 N–H and O–H groups in total. The van der Waals surface area contributed by atoms with Crippen molar-refractivity contribution in [2.24, 2.45) is 10.2 Å². The molecule has 196 valence electrons. The molecule has 0 amide bonds. The zero-order chi connectivity index (χ0) is 28.4. The van der Waals surface area contributed by atoms with Gasteiger partial charge in [-0.1, -0.05) is 0 Å². The molecule has 3 aromatic carbocycles. The summed E-state index contributed by atoms with van der Waals surface area (Å²) in [6, 6.07) is 6.01. The van der Waals surface area contributed by atoms with Gasteiger partial charge in [0.1, 0.15) is 21.5 Å². The quantitative estimate of drug-likeness (QED) is 0.103. The topological polar surface area (TPSA) is 287 Å². The average Bonchev–Trinajstić information content (AvgIpc) is 2.82. The Kier molecular flexibility index (Phi) is 7.26. The van der Waals surface area contributed by atoms with Crippen molar-refractivity contribution in [2.75, 3.05) is 16.6 Å². The first kappa shape index (κ1) is 27.0. The van der Waals surface area contributed by atoms with E-state index in [1.807, 2.05) is 0 Å². The number of non-ortho nitro benzene ring substituents is 1.